The number of benzene rings is 1. The lowest BCUT2D eigenvalue weighted by Gasteiger charge is -2.46. The maximum atomic E-state index is 5.93. The highest BCUT2D eigenvalue weighted by Gasteiger charge is 2.34. The van der Waals surface area contributed by atoms with Gasteiger partial charge < -0.3 is 15.2 Å². The molecule has 1 aromatic carbocycles. The van der Waals surface area contributed by atoms with Crippen molar-refractivity contribution >= 4 is 16.7 Å². The molecule has 25 heavy (non-hydrogen) atoms. The second-order valence-corrected chi connectivity index (χ2v) is 8.16. The molecule has 2 fully saturated rings. The van der Waals surface area contributed by atoms with E-state index in [1.54, 1.807) is 0 Å². The molecular weight excluding hydrogens is 310 g/mol. The Labute approximate surface area is 149 Å². The first-order chi connectivity index (χ1) is 12.3. The van der Waals surface area contributed by atoms with Gasteiger partial charge in [-0.1, -0.05) is 6.42 Å². The van der Waals surface area contributed by atoms with Gasteiger partial charge in [-0.05, 0) is 62.9 Å². The van der Waals surface area contributed by atoms with Gasteiger partial charge in [-0.3, -0.25) is 4.90 Å². The fourth-order valence-corrected chi connectivity index (χ4v) is 5.37. The van der Waals surface area contributed by atoms with Gasteiger partial charge in [-0.2, -0.15) is 0 Å². The van der Waals surface area contributed by atoms with Gasteiger partial charge in [0.05, 0.1) is 17.6 Å². The van der Waals surface area contributed by atoms with Crippen LogP contribution in [0.4, 0.5) is 5.69 Å². The van der Waals surface area contributed by atoms with Crippen LogP contribution in [0.2, 0.25) is 0 Å². The highest BCUT2D eigenvalue weighted by atomic mass is 15.3. The summed E-state index contributed by atoms with van der Waals surface area (Å²) in [6, 6.07) is 6.95. The third-order valence-electron chi connectivity index (χ3n) is 6.58. The third kappa shape index (κ3) is 2.83. The minimum absolute atomic E-state index is 0.805. The number of imidazole rings is 1. The van der Waals surface area contributed by atoms with Crippen LogP contribution in [0, 0.1) is 5.92 Å². The summed E-state index contributed by atoms with van der Waals surface area (Å²) < 4.78 is 2.39. The molecule has 0 radical (unpaired) electrons. The summed E-state index contributed by atoms with van der Waals surface area (Å²) in [7, 11) is 0. The minimum atomic E-state index is 0.805. The first-order valence-electron chi connectivity index (χ1n) is 9.99. The molecule has 5 nitrogen and oxygen atoms in total. The smallest absolute Gasteiger partial charge is 0.124 e. The first kappa shape index (κ1) is 15.6. The summed E-state index contributed by atoms with van der Waals surface area (Å²) in [4.78, 5) is 10.3. The number of fused-ring (bicyclic) bond motifs is 4. The predicted molar refractivity (Wildman–Crippen MR) is 101 cm³/mol. The van der Waals surface area contributed by atoms with Crippen molar-refractivity contribution in [2.45, 2.75) is 51.2 Å². The lowest BCUT2D eigenvalue weighted by Crippen LogP contribution is -2.51. The maximum absolute atomic E-state index is 5.93. The number of nitrogen functional groups attached to an aromatic ring is 1. The molecular formula is C20H29N5. The molecule has 134 valence electrons. The van der Waals surface area contributed by atoms with Crippen LogP contribution in [0.1, 0.15) is 37.9 Å². The molecule has 0 saturated carbocycles. The van der Waals surface area contributed by atoms with Crippen molar-refractivity contribution in [3.8, 4) is 0 Å². The van der Waals surface area contributed by atoms with Crippen LogP contribution < -0.4 is 5.73 Å². The predicted octanol–water partition coefficient (Wildman–Crippen LogP) is 2.70. The van der Waals surface area contributed by atoms with Crippen LogP contribution in [-0.2, 0) is 13.1 Å². The lowest BCUT2D eigenvalue weighted by atomic mass is 9.83. The number of hydrogen-bond acceptors (Lipinski definition) is 4. The summed E-state index contributed by atoms with van der Waals surface area (Å²) >= 11 is 0. The fraction of sp³-hybridized carbons (Fsp3) is 0.650. The Morgan fingerprint density at radius 1 is 1.04 bits per heavy atom. The second kappa shape index (κ2) is 6.29. The molecule has 0 amide bonds. The molecule has 5 heteroatoms. The van der Waals surface area contributed by atoms with E-state index in [2.05, 4.69) is 20.4 Å². The van der Waals surface area contributed by atoms with E-state index >= 15 is 0 Å². The number of aromatic nitrogens is 2. The average Bonchev–Trinajstić information content (AvgIpc) is 2.98. The zero-order valence-electron chi connectivity index (χ0n) is 15.0. The summed E-state index contributed by atoms with van der Waals surface area (Å²) in [6.07, 6.45) is 7.03. The van der Waals surface area contributed by atoms with Crippen LogP contribution >= 0.6 is 0 Å². The van der Waals surface area contributed by atoms with Gasteiger partial charge in [0.15, 0.2) is 0 Å². The molecule has 0 spiro atoms. The Hall–Kier alpha value is -1.59. The summed E-state index contributed by atoms with van der Waals surface area (Å²) in [5.74, 6) is 2.06. The molecule has 3 aliphatic heterocycles. The van der Waals surface area contributed by atoms with Crippen LogP contribution in [0.25, 0.3) is 11.0 Å². The number of nitrogens with zero attached hydrogens (tertiary/aromatic N) is 4. The Balaban J connectivity index is 1.32. The molecule has 2 aromatic rings. The highest BCUT2D eigenvalue weighted by Crippen LogP contribution is 2.32. The topological polar surface area (TPSA) is 50.3 Å². The van der Waals surface area contributed by atoms with Crippen molar-refractivity contribution < 1.29 is 0 Å². The van der Waals surface area contributed by atoms with Crippen molar-refractivity contribution in [3.05, 3.63) is 24.0 Å². The van der Waals surface area contributed by atoms with E-state index in [0.29, 0.717) is 0 Å². The first-order valence-corrected chi connectivity index (χ1v) is 9.99. The van der Waals surface area contributed by atoms with Gasteiger partial charge in [0.1, 0.15) is 5.82 Å². The van der Waals surface area contributed by atoms with Gasteiger partial charge in [-0.15, -0.1) is 0 Å². The third-order valence-corrected chi connectivity index (χ3v) is 6.58. The van der Waals surface area contributed by atoms with Crippen LogP contribution in [0.5, 0.6) is 0 Å². The molecule has 0 aliphatic carbocycles. The van der Waals surface area contributed by atoms with E-state index in [1.165, 1.54) is 63.1 Å². The largest absolute Gasteiger partial charge is 0.399 e. The molecule has 2 saturated heterocycles. The summed E-state index contributed by atoms with van der Waals surface area (Å²) in [5.41, 5.74) is 9.02. The highest BCUT2D eigenvalue weighted by molar-refractivity contribution is 5.79. The number of rotatable bonds is 2. The van der Waals surface area contributed by atoms with Gasteiger partial charge >= 0.3 is 0 Å². The van der Waals surface area contributed by atoms with Crippen molar-refractivity contribution in [1.29, 1.82) is 0 Å². The van der Waals surface area contributed by atoms with E-state index in [0.717, 1.165) is 42.8 Å². The lowest BCUT2D eigenvalue weighted by molar-refractivity contribution is 0.0353. The molecule has 2 N–H and O–H groups in total. The van der Waals surface area contributed by atoms with Crippen molar-refractivity contribution in [1.82, 2.24) is 19.4 Å². The van der Waals surface area contributed by atoms with Gasteiger partial charge in [-0.25, -0.2) is 4.98 Å². The molecule has 0 bridgehead atoms. The summed E-state index contributed by atoms with van der Waals surface area (Å²) in [5, 5.41) is 0. The standard InChI is InChI=1S/C20H29N5/c21-16-6-7-19-17(12-16)22-20-14-23(10-11-25(19)20)13-15-4-3-9-24-8-2-1-5-18(15)24/h6-7,12,15,18H,1-5,8-11,13-14,21H2/t15-,18-/m1/s1. The van der Waals surface area contributed by atoms with Crippen molar-refractivity contribution in [2.75, 3.05) is 31.9 Å². The van der Waals surface area contributed by atoms with Crippen LogP contribution in [0.15, 0.2) is 18.2 Å². The van der Waals surface area contributed by atoms with Crippen LogP contribution in [0.3, 0.4) is 0 Å². The molecule has 2 atom stereocenters. The van der Waals surface area contributed by atoms with E-state index < -0.39 is 0 Å². The van der Waals surface area contributed by atoms with E-state index in [4.69, 9.17) is 10.7 Å². The second-order valence-electron chi connectivity index (χ2n) is 8.16. The SMILES string of the molecule is Nc1ccc2c(c1)nc1n2CCN(C[C@H]2CCCN3CCCC[C@H]23)C1. The Kier molecular flexibility index (Phi) is 3.94. The Morgan fingerprint density at radius 3 is 2.92 bits per heavy atom. The molecule has 4 heterocycles. The molecule has 1 aromatic heterocycles. The van der Waals surface area contributed by atoms with E-state index in [-0.39, 0.29) is 0 Å². The monoisotopic (exact) mass is 339 g/mol. The summed E-state index contributed by atoms with van der Waals surface area (Å²) in [6.45, 7) is 7.09. The van der Waals surface area contributed by atoms with E-state index in [9.17, 15) is 0 Å². The Bertz CT molecular complexity index is 765. The average molecular weight is 339 g/mol. The van der Waals surface area contributed by atoms with Gasteiger partial charge in [0.25, 0.3) is 0 Å². The normalized spacial score (nSPS) is 28.0. The van der Waals surface area contributed by atoms with Gasteiger partial charge in [0, 0.05) is 31.4 Å². The maximum Gasteiger partial charge on any atom is 0.124 e. The van der Waals surface area contributed by atoms with Gasteiger partial charge in [0.2, 0.25) is 0 Å². The fourth-order valence-electron chi connectivity index (χ4n) is 5.37. The minimum Gasteiger partial charge on any atom is -0.399 e. The van der Waals surface area contributed by atoms with Crippen molar-refractivity contribution in [2.24, 2.45) is 5.92 Å². The van der Waals surface area contributed by atoms with Crippen LogP contribution in [-0.4, -0.2) is 51.6 Å². The number of nitrogens with two attached hydrogens (primary N) is 1. The Morgan fingerprint density at radius 2 is 1.96 bits per heavy atom. The molecule has 5 rings (SSSR count). The number of hydrogen-bond donors (Lipinski definition) is 1. The quantitative estimate of drug-likeness (QED) is 0.855. The number of anilines is 1. The zero-order chi connectivity index (χ0) is 16.8. The molecule has 3 aliphatic rings. The number of piperidine rings is 2. The van der Waals surface area contributed by atoms with E-state index in [1.807, 2.05) is 12.1 Å². The molecule has 0 unspecified atom stereocenters. The zero-order valence-corrected chi connectivity index (χ0v) is 15.0. The van der Waals surface area contributed by atoms with Crippen molar-refractivity contribution in [3.63, 3.8) is 0 Å².